The molecule has 1 aliphatic carbocycles. The highest BCUT2D eigenvalue weighted by Crippen LogP contribution is 2.39. The number of pyridine rings is 1. The van der Waals surface area contributed by atoms with Crippen LogP contribution in [0.3, 0.4) is 0 Å². The smallest absolute Gasteiger partial charge is 0.251 e. The predicted molar refractivity (Wildman–Crippen MR) is 119 cm³/mol. The molecule has 2 amide bonds. The van der Waals surface area contributed by atoms with E-state index in [4.69, 9.17) is 0 Å². The summed E-state index contributed by atoms with van der Waals surface area (Å²) in [5, 5.41) is 3.09. The second kappa shape index (κ2) is 10.2. The molecule has 6 nitrogen and oxygen atoms in total. The maximum absolute atomic E-state index is 12.9. The molecule has 0 saturated carbocycles. The first-order valence-corrected chi connectivity index (χ1v) is 11.2. The summed E-state index contributed by atoms with van der Waals surface area (Å²) in [4.78, 5) is 33.6. The van der Waals surface area contributed by atoms with Crippen molar-refractivity contribution in [1.29, 1.82) is 0 Å². The van der Waals surface area contributed by atoms with Gasteiger partial charge in [-0.2, -0.15) is 0 Å². The van der Waals surface area contributed by atoms with E-state index in [0.29, 0.717) is 42.2 Å². The van der Waals surface area contributed by atoms with E-state index in [-0.39, 0.29) is 11.8 Å². The van der Waals surface area contributed by atoms with Gasteiger partial charge in [-0.25, -0.2) is 0 Å². The SMILES string of the molecule is CC1=C[C@@H](CNC(=O)c2ccncc2)[C@H](C(C)C)C[C@H]1CC(=O)N1CCN(C)CC1. The largest absolute Gasteiger partial charge is 0.351 e. The number of amides is 2. The van der Waals surface area contributed by atoms with Crippen LogP contribution in [0.4, 0.5) is 0 Å². The van der Waals surface area contributed by atoms with Crippen molar-refractivity contribution in [3.63, 3.8) is 0 Å². The lowest BCUT2D eigenvalue weighted by atomic mass is 9.69. The maximum Gasteiger partial charge on any atom is 0.251 e. The lowest BCUT2D eigenvalue weighted by Gasteiger charge is -2.38. The fourth-order valence-electron chi connectivity index (χ4n) is 4.72. The van der Waals surface area contributed by atoms with Crippen LogP contribution in [0.2, 0.25) is 0 Å². The van der Waals surface area contributed by atoms with Gasteiger partial charge in [-0.15, -0.1) is 0 Å². The molecule has 1 saturated heterocycles. The first kappa shape index (κ1) is 22.5. The molecule has 0 unspecified atom stereocenters. The Kier molecular flexibility index (Phi) is 7.64. The molecule has 164 valence electrons. The normalized spacial score (nSPS) is 25.2. The molecular formula is C24H36N4O2. The number of carbonyl (C=O) groups excluding carboxylic acids is 2. The van der Waals surface area contributed by atoms with Crippen LogP contribution in [0.25, 0.3) is 0 Å². The molecule has 2 heterocycles. The van der Waals surface area contributed by atoms with Crippen LogP contribution in [-0.2, 0) is 4.79 Å². The first-order chi connectivity index (χ1) is 14.3. The van der Waals surface area contributed by atoms with Gasteiger partial charge in [0.25, 0.3) is 5.91 Å². The number of allylic oxidation sites excluding steroid dienone is 1. The van der Waals surface area contributed by atoms with Crippen LogP contribution >= 0.6 is 0 Å². The highest BCUT2D eigenvalue weighted by molar-refractivity contribution is 5.93. The second-order valence-electron chi connectivity index (χ2n) is 9.25. The summed E-state index contributed by atoms with van der Waals surface area (Å²) in [5.41, 5.74) is 1.93. The molecule has 0 spiro atoms. The van der Waals surface area contributed by atoms with Crippen molar-refractivity contribution in [2.75, 3.05) is 39.8 Å². The minimum absolute atomic E-state index is 0.0571. The molecule has 1 fully saturated rings. The zero-order valence-electron chi connectivity index (χ0n) is 18.8. The van der Waals surface area contributed by atoms with E-state index >= 15 is 0 Å². The van der Waals surface area contributed by atoms with Gasteiger partial charge in [0, 0.05) is 57.1 Å². The number of nitrogens with zero attached hydrogens (tertiary/aromatic N) is 3. The van der Waals surface area contributed by atoms with Gasteiger partial charge in [0.1, 0.15) is 0 Å². The fourth-order valence-corrected chi connectivity index (χ4v) is 4.72. The van der Waals surface area contributed by atoms with E-state index in [2.05, 4.69) is 49.1 Å². The van der Waals surface area contributed by atoms with Crippen LogP contribution in [0.15, 0.2) is 36.2 Å². The van der Waals surface area contributed by atoms with E-state index in [1.807, 2.05) is 4.90 Å². The van der Waals surface area contributed by atoms with Crippen LogP contribution in [0.1, 0.15) is 44.0 Å². The Hall–Kier alpha value is -2.21. The zero-order valence-corrected chi connectivity index (χ0v) is 18.8. The third-order valence-corrected chi connectivity index (χ3v) is 6.80. The molecule has 30 heavy (non-hydrogen) atoms. The summed E-state index contributed by atoms with van der Waals surface area (Å²) in [6.07, 6.45) is 7.19. The molecule has 1 aromatic heterocycles. The Bertz CT molecular complexity index is 754. The Morgan fingerprint density at radius 2 is 1.83 bits per heavy atom. The summed E-state index contributed by atoms with van der Waals surface area (Å²) in [7, 11) is 2.11. The van der Waals surface area contributed by atoms with Crippen LogP contribution < -0.4 is 5.32 Å². The average molecular weight is 413 g/mol. The van der Waals surface area contributed by atoms with Gasteiger partial charge in [0.05, 0.1) is 0 Å². The first-order valence-electron chi connectivity index (χ1n) is 11.2. The predicted octanol–water partition coefficient (Wildman–Crippen LogP) is 2.83. The molecule has 3 atom stereocenters. The molecule has 0 radical (unpaired) electrons. The fraction of sp³-hybridized carbons (Fsp3) is 0.625. The number of hydrogen-bond donors (Lipinski definition) is 1. The van der Waals surface area contributed by atoms with Crippen molar-refractivity contribution >= 4 is 11.8 Å². The van der Waals surface area contributed by atoms with Crippen molar-refractivity contribution in [1.82, 2.24) is 20.1 Å². The zero-order chi connectivity index (χ0) is 21.7. The van der Waals surface area contributed by atoms with E-state index < -0.39 is 0 Å². The molecule has 0 bridgehead atoms. The lowest BCUT2D eigenvalue weighted by molar-refractivity contribution is -0.133. The Labute approximate surface area is 180 Å². The molecule has 2 aliphatic rings. The number of aromatic nitrogens is 1. The monoisotopic (exact) mass is 412 g/mol. The minimum Gasteiger partial charge on any atom is -0.351 e. The summed E-state index contributed by atoms with van der Waals surface area (Å²) >= 11 is 0. The quantitative estimate of drug-likeness (QED) is 0.730. The number of carbonyl (C=O) groups is 2. The minimum atomic E-state index is -0.0571. The highest BCUT2D eigenvalue weighted by atomic mass is 16.2. The maximum atomic E-state index is 12.9. The van der Waals surface area contributed by atoms with Gasteiger partial charge in [-0.05, 0) is 56.2 Å². The van der Waals surface area contributed by atoms with Gasteiger partial charge < -0.3 is 15.1 Å². The lowest BCUT2D eigenvalue weighted by Crippen LogP contribution is -2.47. The third-order valence-electron chi connectivity index (χ3n) is 6.80. The van der Waals surface area contributed by atoms with Crippen molar-refractivity contribution in [2.45, 2.75) is 33.6 Å². The van der Waals surface area contributed by atoms with E-state index in [9.17, 15) is 9.59 Å². The molecule has 3 rings (SSSR count). The van der Waals surface area contributed by atoms with Gasteiger partial charge in [-0.3, -0.25) is 14.6 Å². The third kappa shape index (κ3) is 5.69. The average Bonchev–Trinajstić information content (AvgIpc) is 2.74. The second-order valence-corrected chi connectivity index (χ2v) is 9.25. The molecular weight excluding hydrogens is 376 g/mol. The van der Waals surface area contributed by atoms with Gasteiger partial charge in [-0.1, -0.05) is 25.5 Å². The number of nitrogens with one attached hydrogen (secondary N) is 1. The molecule has 1 aliphatic heterocycles. The van der Waals surface area contributed by atoms with Gasteiger partial charge in [0.15, 0.2) is 0 Å². The van der Waals surface area contributed by atoms with Crippen LogP contribution in [-0.4, -0.2) is 66.4 Å². The Balaban J connectivity index is 1.61. The molecule has 1 N–H and O–H groups in total. The summed E-state index contributed by atoms with van der Waals surface area (Å²) in [5.74, 6) is 1.78. The van der Waals surface area contributed by atoms with Crippen LogP contribution in [0, 0.1) is 23.7 Å². The topological polar surface area (TPSA) is 65.5 Å². The number of piperazine rings is 1. The van der Waals surface area contributed by atoms with Crippen molar-refractivity contribution in [2.24, 2.45) is 23.7 Å². The van der Waals surface area contributed by atoms with E-state index in [0.717, 1.165) is 32.6 Å². The highest BCUT2D eigenvalue weighted by Gasteiger charge is 2.33. The van der Waals surface area contributed by atoms with Crippen molar-refractivity contribution in [3.8, 4) is 0 Å². The Morgan fingerprint density at radius 3 is 2.47 bits per heavy atom. The number of likely N-dealkylation sites (N-methyl/N-ethyl adjacent to an activating group) is 1. The Morgan fingerprint density at radius 1 is 1.17 bits per heavy atom. The molecule has 1 aromatic rings. The van der Waals surface area contributed by atoms with Crippen molar-refractivity contribution < 1.29 is 9.59 Å². The number of hydrogen-bond acceptors (Lipinski definition) is 4. The molecule has 6 heteroatoms. The standard InChI is InChI=1S/C24H36N4O2/c1-17(2)22-14-20(15-23(29)28-11-9-27(4)10-12-28)18(3)13-21(22)16-26-24(30)19-5-7-25-8-6-19/h5-8,13,17,20-22H,9-12,14-16H2,1-4H3,(H,26,30)/t20-,21-,22-/m0/s1. The van der Waals surface area contributed by atoms with Crippen molar-refractivity contribution in [3.05, 3.63) is 41.7 Å². The van der Waals surface area contributed by atoms with E-state index in [1.54, 1.807) is 24.5 Å². The van der Waals surface area contributed by atoms with Gasteiger partial charge >= 0.3 is 0 Å². The summed E-state index contributed by atoms with van der Waals surface area (Å²) < 4.78 is 0. The number of rotatable bonds is 6. The van der Waals surface area contributed by atoms with E-state index in [1.165, 1.54) is 5.57 Å². The summed E-state index contributed by atoms with van der Waals surface area (Å²) in [6.45, 7) is 10.9. The summed E-state index contributed by atoms with van der Waals surface area (Å²) in [6, 6.07) is 3.47. The van der Waals surface area contributed by atoms with Crippen LogP contribution in [0.5, 0.6) is 0 Å². The molecule has 0 aromatic carbocycles. The van der Waals surface area contributed by atoms with Gasteiger partial charge in [0.2, 0.25) is 5.91 Å².